The summed E-state index contributed by atoms with van der Waals surface area (Å²) in [4.78, 5) is 16.3. The smallest absolute Gasteiger partial charge is 0.258 e. The summed E-state index contributed by atoms with van der Waals surface area (Å²) in [6.07, 6.45) is 3.99. The summed E-state index contributed by atoms with van der Waals surface area (Å²) in [5, 5.41) is 18.2. The molecule has 7 heteroatoms. The lowest BCUT2D eigenvalue weighted by Crippen LogP contribution is -2.18. The molecule has 0 radical (unpaired) electrons. The summed E-state index contributed by atoms with van der Waals surface area (Å²) in [6.45, 7) is 6.41. The van der Waals surface area contributed by atoms with Crippen LogP contribution in [-0.2, 0) is 0 Å². The van der Waals surface area contributed by atoms with E-state index in [1.807, 2.05) is 23.0 Å². The fourth-order valence-corrected chi connectivity index (χ4v) is 4.77. The van der Waals surface area contributed by atoms with Gasteiger partial charge in [0.25, 0.3) is 5.69 Å². The van der Waals surface area contributed by atoms with Gasteiger partial charge < -0.3 is 0 Å². The van der Waals surface area contributed by atoms with Crippen molar-refractivity contribution < 1.29 is 4.92 Å². The van der Waals surface area contributed by atoms with E-state index in [0.717, 1.165) is 53.0 Å². The number of hydrogen-bond acceptors (Lipinski definition) is 5. The number of thiazole rings is 1. The van der Waals surface area contributed by atoms with E-state index in [-0.39, 0.29) is 10.6 Å². The van der Waals surface area contributed by atoms with Gasteiger partial charge in [0.2, 0.25) is 4.80 Å². The maximum Gasteiger partial charge on any atom is 0.270 e. The van der Waals surface area contributed by atoms with Crippen LogP contribution in [0, 0.1) is 10.1 Å². The van der Waals surface area contributed by atoms with Crippen molar-refractivity contribution in [3.63, 3.8) is 0 Å². The fourth-order valence-electron chi connectivity index (χ4n) is 3.93. The molecule has 0 atom stereocenters. The van der Waals surface area contributed by atoms with Crippen molar-refractivity contribution in [1.29, 1.82) is 0 Å². The largest absolute Gasteiger partial charge is 0.270 e. The maximum absolute atomic E-state index is 11.3. The molecule has 0 unspecified atom stereocenters. The van der Waals surface area contributed by atoms with Crippen LogP contribution < -0.4 is 4.80 Å². The number of rotatable bonds is 6. The van der Waals surface area contributed by atoms with E-state index in [0.29, 0.717) is 12.5 Å². The van der Waals surface area contributed by atoms with Crippen molar-refractivity contribution >= 4 is 22.7 Å². The summed E-state index contributed by atoms with van der Waals surface area (Å²) in [5.74, 6) is 0.562. The summed E-state index contributed by atoms with van der Waals surface area (Å²) in [6, 6.07) is 17.3. The summed E-state index contributed by atoms with van der Waals surface area (Å²) < 4.78 is 1.85. The summed E-state index contributed by atoms with van der Waals surface area (Å²) >= 11 is 1.49. The molecule has 1 aromatic heterocycles. The Morgan fingerprint density at radius 1 is 1.19 bits per heavy atom. The first-order valence-electron chi connectivity index (χ1n) is 10.7. The SMILES string of the molecule is C=C(C)CN=c1scc(-c2cccc([N+](=O)[O-])c2)n1N=C1CCC(c2ccccc2)CC1. The Morgan fingerprint density at radius 3 is 2.62 bits per heavy atom. The van der Waals surface area contributed by atoms with Gasteiger partial charge in [0.1, 0.15) is 0 Å². The molecular weight excluding hydrogens is 420 g/mol. The fraction of sp³-hybridized carbons (Fsp3) is 0.280. The minimum absolute atomic E-state index is 0.0664. The van der Waals surface area contributed by atoms with Crippen LogP contribution in [0.3, 0.4) is 0 Å². The van der Waals surface area contributed by atoms with Crippen molar-refractivity contribution in [2.75, 3.05) is 6.54 Å². The monoisotopic (exact) mass is 446 g/mol. The van der Waals surface area contributed by atoms with Crippen LogP contribution >= 0.6 is 11.3 Å². The maximum atomic E-state index is 11.3. The van der Waals surface area contributed by atoms with Crippen LogP contribution in [0.25, 0.3) is 11.3 Å². The lowest BCUT2D eigenvalue weighted by Gasteiger charge is -2.23. The Bertz CT molecular complexity index is 1210. The molecule has 1 fully saturated rings. The molecule has 164 valence electrons. The normalized spacial score (nSPS) is 16.7. The zero-order chi connectivity index (χ0) is 22.5. The summed E-state index contributed by atoms with van der Waals surface area (Å²) in [5.41, 5.74) is 5.14. The van der Waals surface area contributed by atoms with Crippen LogP contribution in [-0.4, -0.2) is 21.9 Å². The molecule has 0 saturated heterocycles. The van der Waals surface area contributed by atoms with E-state index in [4.69, 9.17) is 5.10 Å². The highest BCUT2D eigenvalue weighted by molar-refractivity contribution is 7.07. The molecule has 0 N–H and O–H groups in total. The third-order valence-corrected chi connectivity index (χ3v) is 6.45. The Morgan fingerprint density at radius 2 is 1.94 bits per heavy atom. The molecule has 32 heavy (non-hydrogen) atoms. The van der Waals surface area contributed by atoms with Crippen molar-refractivity contribution in [3.8, 4) is 11.3 Å². The van der Waals surface area contributed by atoms with Gasteiger partial charge in [-0.2, -0.15) is 5.10 Å². The molecule has 2 aromatic carbocycles. The number of hydrogen-bond donors (Lipinski definition) is 0. The van der Waals surface area contributed by atoms with E-state index in [1.165, 1.54) is 23.0 Å². The number of non-ortho nitro benzene ring substituents is 1. The molecule has 0 aliphatic heterocycles. The minimum Gasteiger partial charge on any atom is -0.258 e. The van der Waals surface area contributed by atoms with Gasteiger partial charge in [-0.05, 0) is 44.1 Å². The lowest BCUT2D eigenvalue weighted by atomic mass is 9.83. The zero-order valence-corrected chi connectivity index (χ0v) is 18.9. The van der Waals surface area contributed by atoms with Gasteiger partial charge >= 0.3 is 0 Å². The number of nitro benzene ring substituents is 1. The highest BCUT2D eigenvalue weighted by atomic mass is 32.1. The predicted molar refractivity (Wildman–Crippen MR) is 130 cm³/mol. The molecule has 0 amide bonds. The quantitative estimate of drug-likeness (QED) is 0.258. The van der Waals surface area contributed by atoms with E-state index in [9.17, 15) is 10.1 Å². The van der Waals surface area contributed by atoms with Crippen LogP contribution in [0.4, 0.5) is 5.69 Å². The number of aromatic nitrogens is 1. The van der Waals surface area contributed by atoms with Gasteiger partial charge in [0.15, 0.2) is 0 Å². The van der Waals surface area contributed by atoms with Crippen LogP contribution in [0.2, 0.25) is 0 Å². The van der Waals surface area contributed by atoms with Crippen LogP contribution in [0.5, 0.6) is 0 Å². The molecule has 6 nitrogen and oxygen atoms in total. The average molecular weight is 447 g/mol. The highest BCUT2D eigenvalue weighted by Gasteiger charge is 2.20. The number of nitro groups is 1. The van der Waals surface area contributed by atoms with Gasteiger partial charge in [-0.3, -0.25) is 15.1 Å². The predicted octanol–water partition coefficient (Wildman–Crippen LogP) is 6.16. The molecule has 4 rings (SSSR count). The second-order valence-corrected chi connectivity index (χ2v) is 8.98. The molecule has 1 aliphatic rings. The first kappa shape index (κ1) is 21.9. The Kier molecular flexibility index (Phi) is 6.75. The standard InChI is InChI=1S/C25H26N4O2S/c1-18(2)16-26-25-28(24(17-32-25)21-9-6-10-23(15-21)29(30)31)27-22-13-11-20(12-14-22)19-7-4-3-5-8-19/h3-10,15,17,20H,1,11-14,16H2,2H3. The van der Waals surface area contributed by atoms with Crippen LogP contribution in [0.15, 0.2) is 82.2 Å². The second kappa shape index (κ2) is 9.87. The third-order valence-electron chi connectivity index (χ3n) is 5.60. The van der Waals surface area contributed by atoms with E-state index < -0.39 is 0 Å². The van der Waals surface area contributed by atoms with E-state index in [2.05, 4.69) is 41.9 Å². The van der Waals surface area contributed by atoms with Crippen molar-refractivity contribution in [3.05, 3.63) is 92.6 Å². The average Bonchev–Trinajstić information content (AvgIpc) is 3.21. The second-order valence-electron chi connectivity index (χ2n) is 8.15. The summed E-state index contributed by atoms with van der Waals surface area (Å²) in [7, 11) is 0. The topological polar surface area (TPSA) is 72.8 Å². The Labute approximate surface area is 191 Å². The zero-order valence-electron chi connectivity index (χ0n) is 18.1. The van der Waals surface area contributed by atoms with E-state index >= 15 is 0 Å². The number of nitrogens with zero attached hydrogens (tertiary/aromatic N) is 4. The van der Waals surface area contributed by atoms with Crippen molar-refractivity contribution in [1.82, 2.24) is 4.68 Å². The Hall–Kier alpha value is -3.32. The number of benzene rings is 2. The van der Waals surface area contributed by atoms with E-state index in [1.54, 1.807) is 12.1 Å². The molecule has 0 bridgehead atoms. The molecule has 3 aromatic rings. The van der Waals surface area contributed by atoms with Gasteiger partial charge in [-0.1, -0.05) is 54.6 Å². The van der Waals surface area contributed by atoms with Crippen molar-refractivity contribution in [2.24, 2.45) is 10.1 Å². The third kappa shape index (κ3) is 5.11. The van der Waals surface area contributed by atoms with Gasteiger partial charge in [-0.25, -0.2) is 4.68 Å². The molecule has 1 aliphatic carbocycles. The molecule has 1 saturated carbocycles. The Balaban J connectivity index is 1.67. The van der Waals surface area contributed by atoms with Crippen LogP contribution in [0.1, 0.15) is 44.1 Å². The lowest BCUT2D eigenvalue weighted by molar-refractivity contribution is -0.384. The minimum atomic E-state index is -0.372. The molecular formula is C25H26N4O2S. The van der Waals surface area contributed by atoms with Gasteiger partial charge in [-0.15, -0.1) is 11.3 Å². The first-order chi connectivity index (χ1) is 15.5. The first-order valence-corrected chi connectivity index (χ1v) is 11.6. The molecule has 0 spiro atoms. The van der Waals surface area contributed by atoms with Gasteiger partial charge in [0.05, 0.1) is 17.2 Å². The van der Waals surface area contributed by atoms with Crippen molar-refractivity contribution in [2.45, 2.75) is 38.5 Å². The van der Waals surface area contributed by atoms with Gasteiger partial charge in [0, 0.05) is 28.8 Å². The molecule has 1 heterocycles. The highest BCUT2D eigenvalue weighted by Crippen LogP contribution is 2.32.